The van der Waals surface area contributed by atoms with Crippen LogP contribution in [0.2, 0.25) is 0 Å². The molecule has 38 heavy (non-hydrogen) atoms. The van der Waals surface area contributed by atoms with Crippen LogP contribution in [-0.2, 0) is 4.79 Å². The van der Waals surface area contributed by atoms with Gasteiger partial charge in [-0.15, -0.1) is 0 Å². The summed E-state index contributed by atoms with van der Waals surface area (Å²) in [6.45, 7) is 5.28. The normalized spacial score (nSPS) is 19.6. The van der Waals surface area contributed by atoms with Gasteiger partial charge in [0.2, 0.25) is 5.88 Å². The van der Waals surface area contributed by atoms with Gasteiger partial charge in [-0.25, -0.2) is 4.98 Å². The number of ether oxygens (including phenoxy) is 2. The SMILES string of the molecule is CC(C)Oc1cc2c(OCC3CC(F)(F)C(=O)N3)ncc(-c3cnn(C4CCNCC4)c3)c2cc1C(N)=O. The fraction of sp³-hybridized carbons (Fsp3) is 0.462. The first kappa shape index (κ1) is 25.8. The number of benzene rings is 1. The maximum atomic E-state index is 13.7. The minimum Gasteiger partial charge on any atom is -0.490 e. The van der Waals surface area contributed by atoms with E-state index in [1.807, 2.05) is 24.7 Å². The second-order valence-corrected chi connectivity index (χ2v) is 9.98. The Labute approximate surface area is 217 Å². The summed E-state index contributed by atoms with van der Waals surface area (Å²) in [4.78, 5) is 28.3. The van der Waals surface area contributed by atoms with Crippen LogP contribution in [0.15, 0.2) is 30.7 Å². The van der Waals surface area contributed by atoms with Gasteiger partial charge in [-0.3, -0.25) is 14.3 Å². The lowest BCUT2D eigenvalue weighted by atomic mass is 9.99. The van der Waals surface area contributed by atoms with Gasteiger partial charge in [0.1, 0.15) is 12.4 Å². The number of rotatable bonds is 8. The van der Waals surface area contributed by atoms with Crippen LogP contribution in [0.5, 0.6) is 11.6 Å². The van der Waals surface area contributed by atoms with Crippen molar-refractivity contribution in [1.29, 1.82) is 0 Å². The lowest BCUT2D eigenvalue weighted by Gasteiger charge is -2.22. The molecule has 2 aliphatic heterocycles. The summed E-state index contributed by atoms with van der Waals surface area (Å²) in [7, 11) is 0. The van der Waals surface area contributed by atoms with Gasteiger partial charge in [0, 0.05) is 35.3 Å². The summed E-state index contributed by atoms with van der Waals surface area (Å²) in [6.07, 6.45) is 6.31. The van der Waals surface area contributed by atoms with Gasteiger partial charge in [0.25, 0.3) is 11.8 Å². The van der Waals surface area contributed by atoms with Crippen molar-refractivity contribution < 1.29 is 27.8 Å². The molecule has 0 saturated carbocycles. The molecule has 0 radical (unpaired) electrons. The number of aromatic nitrogens is 3. The van der Waals surface area contributed by atoms with Crippen LogP contribution in [-0.4, -0.2) is 64.3 Å². The Morgan fingerprint density at radius 3 is 2.66 bits per heavy atom. The topological polar surface area (TPSA) is 133 Å². The van der Waals surface area contributed by atoms with Gasteiger partial charge in [0.15, 0.2) is 0 Å². The number of nitrogens with zero attached hydrogens (tertiary/aromatic N) is 3. The Balaban J connectivity index is 1.55. The molecule has 10 nitrogen and oxygen atoms in total. The predicted octanol–water partition coefficient (Wildman–Crippen LogP) is 2.81. The average molecular weight is 529 g/mol. The molecule has 4 N–H and O–H groups in total. The van der Waals surface area contributed by atoms with Crippen LogP contribution >= 0.6 is 0 Å². The number of halogens is 2. The van der Waals surface area contributed by atoms with E-state index in [-0.39, 0.29) is 35.9 Å². The first-order valence-electron chi connectivity index (χ1n) is 12.6. The van der Waals surface area contributed by atoms with Gasteiger partial charge in [-0.2, -0.15) is 13.9 Å². The van der Waals surface area contributed by atoms with Crippen LogP contribution in [0, 0.1) is 0 Å². The Morgan fingerprint density at radius 1 is 1.24 bits per heavy atom. The molecule has 3 aromatic rings. The average Bonchev–Trinajstić information content (AvgIpc) is 3.46. The molecule has 0 bridgehead atoms. The maximum Gasteiger partial charge on any atom is 0.326 e. The quantitative estimate of drug-likeness (QED) is 0.409. The molecule has 12 heteroatoms. The molecule has 5 rings (SSSR count). The molecule has 2 aliphatic rings. The molecular formula is C26H30F2N6O4. The third-order valence-electron chi connectivity index (χ3n) is 6.77. The number of nitrogens with one attached hydrogen (secondary N) is 2. The van der Waals surface area contributed by atoms with E-state index < -0.39 is 30.2 Å². The van der Waals surface area contributed by atoms with Crippen molar-refractivity contribution in [2.45, 2.75) is 57.2 Å². The highest BCUT2D eigenvalue weighted by Crippen LogP contribution is 2.38. The van der Waals surface area contributed by atoms with Gasteiger partial charge in [0.05, 0.1) is 29.9 Å². The minimum atomic E-state index is -3.43. The van der Waals surface area contributed by atoms with Crippen molar-refractivity contribution in [1.82, 2.24) is 25.4 Å². The first-order chi connectivity index (χ1) is 18.1. The number of amides is 2. The van der Waals surface area contributed by atoms with Crippen LogP contribution in [0.3, 0.4) is 0 Å². The fourth-order valence-corrected chi connectivity index (χ4v) is 4.90. The number of pyridine rings is 1. The number of hydrogen-bond donors (Lipinski definition) is 3. The zero-order valence-corrected chi connectivity index (χ0v) is 21.2. The number of primary amides is 1. The van der Waals surface area contributed by atoms with E-state index in [0.717, 1.165) is 31.5 Å². The monoisotopic (exact) mass is 528 g/mol. The molecule has 0 aliphatic carbocycles. The summed E-state index contributed by atoms with van der Waals surface area (Å²) in [6, 6.07) is 2.67. The molecule has 2 saturated heterocycles. The lowest BCUT2D eigenvalue weighted by molar-refractivity contribution is -0.139. The first-order valence-corrected chi connectivity index (χ1v) is 12.6. The van der Waals surface area contributed by atoms with Crippen molar-refractivity contribution in [3.63, 3.8) is 0 Å². The Kier molecular flexibility index (Phi) is 6.91. The maximum absolute atomic E-state index is 13.7. The van der Waals surface area contributed by atoms with E-state index in [1.165, 1.54) is 0 Å². The van der Waals surface area contributed by atoms with Gasteiger partial charge in [-0.05, 0) is 57.3 Å². The van der Waals surface area contributed by atoms with Crippen molar-refractivity contribution in [2.75, 3.05) is 19.7 Å². The molecule has 2 fully saturated rings. The molecule has 202 valence electrons. The van der Waals surface area contributed by atoms with E-state index in [2.05, 4.69) is 20.7 Å². The Bertz CT molecular complexity index is 1370. The van der Waals surface area contributed by atoms with Crippen LogP contribution < -0.4 is 25.8 Å². The highest BCUT2D eigenvalue weighted by Gasteiger charge is 2.48. The highest BCUT2D eigenvalue weighted by atomic mass is 19.3. The smallest absolute Gasteiger partial charge is 0.326 e. The van der Waals surface area contributed by atoms with Gasteiger partial charge < -0.3 is 25.8 Å². The van der Waals surface area contributed by atoms with Crippen LogP contribution in [0.25, 0.3) is 21.9 Å². The fourth-order valence-electron chi connectivity index (χ4n) is 4.90. The zero-order chi connectivity index (χ0) is 27.0. The molecular weight excluding hydrogens is 498 g/mol. The summed E-state index contributed by atoms with van der Waals surface area (Å²) in [5.74, 6) is -4.99. The summed E-state index contributed by atoms with van der Waals surface area (Å²) in [5, 5.41) is 11.3. The second kappa shape index (κ2) is 10.2. The van der Waals surface area contributed by atoms with Crippen LogP contribution in [0.1, 0.15) is 49.5 Å². The molecule has 2 amide bonds. The Morgan fingerprint density at radius 2 is 2.00 bits per heavy atom. The molecule has 4 heterocycles. The van der Waals surface area contributed by atoms with Crippen molar-refractivity contribution >= 4 is 22.6 Å². The van der Waals surface area contributed by atoms with Crippen molar-refractivity contribution in [2.24, 2.45) is 5.73 Å². The largest absolute Gasteiger partial charge is 0.490 e. The summed E-state index contributed by atoms with van der Waals surface area (Å²) in [5.41, 5.74) is 7.38. The number of carbonyl (C=O) groups excluding carboxylic acids is 2. The Hall–Kier alpha value is -3.80. The van der Waals surface area contributed by atoms with Crippen LogP contribution in [0.4, 0.5) is 8.78 Å². The van der Waals surface area contributed by atoms with E-state index in [9.17, 15) is 18.4 Å². The van der Waals surface area contributed by atoms with Gasteiger partial charge >= 0.3 is 5.92 Å². The molecule has 2 aromatic heterocycles. The van der Waals surface area contributed by atoms with E-state index >= 15 is 0 Å². The minimum absolute atomic E-state index is 0.156. The molecule has 1 unspecified atom stereocenters. The number of carbonyl (C=O) groups is 2. The lowest BCUT2D eigenvalue weighted by Crippen LogP contribution is -2.33. The summed E-state index contributed by atoms with van der Waals surface area (Å²) >= 11 is 0. The number of piperidine rings is 1. The third kappa shape index (κ3) is 5.13. The second-order valence-electron chi connectivity index (χ2n) is 9.98. The number of hydrogen-bond acceptors (Lipinski definition) is 7. The van der Waals surface area contributed by atoms with Gasteiger partial charge in [-0.1, -0.05) is 0 Å². The van der Waals surface area contributed by atoms with E-state index in [1.54, 1.807) is 24.5 Å². The number of fused-ring (bicyclic) bond motifs is 1. The third-order valence-corrected chi connectivity index (χ3v) is 6.77. The van der Waals surface area contributed by atoms with Crippen molar-refractivity contribution in [3.05, 3.63) is 36.3 Å². The molecule has 1 aromatic carbocycles. The zero-order valence-electron chi connectivity index (χ0n) is 21.2. The predicted molar refractivity (Wildman–Crippen MR) is 135 cm³/mol. The van der Waals surface area contributed by atoms with E-state index in [0.29, 0.717) is 16.3 Å². The summed E-state index contributed by atoms with van der Waals surface area (Å²) < 4.78 is 41.0. The number of alkyl halides is 2. The molecule has 1 atom stereocenters. The van der Waals surface area contributed by atoms with E-state index in [4.69, 9.17) is 15.2 Å². The number of nitrogens with two attached hydrogens (primary N) is 1. The standard InChI is InChI=1S/C26H30F2N6O4/c1-14(2)38-22-8-19-18(7-20(22)23(29)35)21(15-10-32-34(12-15)17-3-5-30-6-4-17)11-31-24(19)37-13-16-9-26(27,28)25(36)33-16/h7-8,10-12,14,16-17,30H,3-6,9,13H2,1-2H3,(H2,29,35)(H,33,36). The molecule has 0 spiro atoms. The van der Waals surface area contributed by atoms with Crippen molar-refractivity contribution in [3.8, 4) is 22.8 Å². The highest BCUT2D eigenvalue weighted by molar-refractivity contribution is 6.06.